The van der Waals surface area contributed by atoms with Gasteiger partial charge in [0.05, 0.1) is 11.4 Å². The first-order valence-electron chi connectivity index (χ1n) is 6.27. The highest BCUT2D eigenvalue weighted by Crippen LogP contribution is 2.25. The second-order valence-electron chi connectivity index (χ2n) is 4.59. The van der Waals surface area contributed by atoms with Crippen molar-refractivity contribution in [3.05, 3.63) is 58.9 Å². The van der Waals surface area contributed by atoms with Gasteiger partial charge < -0.3 is 0 Å². The molecule has 0 unspecified atom stereocenters. The van der Waals surface area contributed by atoms with Gasteiger partial charge >= 0.3 is 0 Å². The van der Waals surface area contributed by atoms with E-state index in [0.29, 0.717) is 5.02 Å². The molecule has 0 aliphatic carbocycles. The molecule has 1 aromatic carbocycles. The largest absolute Gasteiger partial charge is 0.283 e. The van der Waals surface area contributed by atoms with Crippen molar-refractivity contribution in [1.29, 1.82) is 0 Å². The van der Waals surface area contributed by atoms with Gasteiger partial charge in [-0.05, 0) is 43.7 Å². The third kappa shape index (κ3) is 2.30. The fraction of sp³-hybridized carbons (Fsp3) is 0.133. The summed E-state index contributed by atoms with van der Waals surface area (Å²) in [7, 11) is 0. The Balaban J connectivity index is 2.07. The van der Waals surface area contributed by atoms with Crippen LogP contribution in [0.4, 0.5) is 11.5 Å². The van der Waals surface area contributed by atoms with Gasteiger partial charge in [0, 0.05) is 11.2 Å². The van der Waals surface area contributed by atoms with E-state index in [1.54, 1.807) is 6.07 Å². The Labute approximate surface area is 121 Å². The van der Waals surface area contributed by atoms with Crippen molar-refractivity contribution in [2.45, 2.75) is 13.8 Å². The number of hydrogen-bond donors (Lipinski definition) is 0. The van der Waals surface area contributed by atoms with Crippen LogP contribution in [0, 0.1) is 13.8 Å². The minimum absolute atomic E-state index is 0.646. The molecule has 0 atom stereocenters. The molecule has 0 aliphatic rings. The molecule has 0 spiro atoms. The summed E-state index contributed by atoms with van der Waals surface area (Å²) in [4.78, 5) is 4.53. The van der Waals surface area contributed by atoms with Crippen LogP contribution in [0.25, 0.3) is 5.65 Å². The molecule has 0 bridgehead atoms. The minimum atomic E-state index is 0.646. The molecule has 3 rings (SSSR count). The second-order valence-corrected chi connectivity index (χ2v) is 5.02. The van der Waals surface area contributed by atoms with Crippen molar-refractivity contribution in [3.8, 4) is 0 Å². The van der Waals surface area contributed by atoms with Crippen molar-refractivity contribution < 1.29 is 0 Å². The Morgan fingerprint density at radius 1 is 1.10 bits per heavy atom. The lowest BCUT2D eigenvalue weighted by Crippen LogP contribution is -1.85. The zero-order valence-corrected chi connectivity index (χ0v) is 12.0. The molecule has 3 aromatic rings. The number of azo groups is 1. The topological polar surface area (TPSA) is 42.0 Å². The Bertz CT molecular complexity index is 805. The van der Waals surface area contributed by atoms with E-state index in [2.05, 4.69) is 15.2 Å². The number of fused-ring (bicyclic) bond motifs is 1. The van der Waals surface area contributed by atoms with E-state index in [-0.39, 0.29) is 0 Å². The first-order valence-corrected chi connectivity index (χ1v) is 6.64. The summed E-state index contributed by atoms with van der Waals surface area (Å²) in [6, 6.07) is 11.3. The molecular weight excluding hydrogens is 272 g/mol. The second kappa shape index (κ2) is 5.06. The van der Waals surface area contributed by atoms with Gasteiger partial charge in [-0.15, -0.1) is 10.2 Å². The number of nitrogens with zero attached hydrogens (tertiary/aromatic N) is 4. The van der Waals surface area contributed by atoms with Gasteiger partial charge in [0.2, 0.25) is 0 Å². The third-order valence-electron chi connectivity index (χ3n) is 3.06. The van der Waals surface area contributed by atoms with Crippen molar-refractivity contribution >= 4 is 28.8 Å². The van der Waals surface area contributed by atoms with E-state index in [0.717, 1.165) is 28.4 Å². The molecule has 4 nitrogen and oxygen atoms in total. The van der Waals surface area contributed by atoms with E-state index >= 15 is 0 Å². The lowest BCUT2D eigenvalue weighted by atomic mass is 10.3. The quantitative estimate of drug-likeness (QED) is 0.609. The van der Waals surface area contributed by atoms with Crippen LogP contribution < -0.4 is 0 Å². The summed E-state index contributed by atoms with van der Waals surface area (Å²) in [6.07, 6.45) is 1.94. The maximum atomic E-state index is 5.93. The summed E-state index contributed by atoms with van der Waals surface area (Å²) >= 11 is 5.93. The molecule has 0 amide bonds. The van der Waals surface area contributed by atoms with Gasteiger partial charge in [0.25, 0.3) is 0 Å². The number of halogens is 1. The van der Waals surface area contributed by atoms with Gasteiger partial charge in [-0.3, -0.25) is 4.40 Å². The van der Waals surface area contributed by atoms with Gasteiger partial charge in [0.15, 0.2) is 5.82 Å². The van der Waals surface area contributed by atoms with Crippen LogP contribution in [0.3, 0.4) is 0 Å². The molecule has 2 heterocycles. The molecule has 20 heavy (non-hydrogen) atoms. The average molecular weight is 285 g/mol. The van der Waals surface area contributed by atoms with Gasteiger partial charge in [-0.2, -0.15) is 0 Å². The van der Waals surface area contributed by atoms with Crippen molar-refractivity contribution in [3.63, 3.8) is 0 Å². The first kappa shape index (κ1) is 12.8. The summed E-state index contributed by atoms with van der Waals surface area (Å²) in [5.41, 5.74) is 3.59. The monoisotopic (exact) mass is 284 g/mol. The maximum Gasteiger partial charge on any atom is 0.182 e. The predicted molar refractivity (Wildman–Crippen MR) is 80.3 cm³/mol. The molecule has 0 N–H and O–H groups in total. The lowest BCUT2D eigenvalue weighted by Gasteiger charge is -1.98. The maximum absolute atomic E-state index is 5.93. The summed E-state index contributed by atoms with van der Waals surface area (Å²) in [6.45, 7) is 3.96. The summed E-state index contributed by atoms with van der Waals surface area (Å²) in [5.74, 6) is 0.740. The Kier molecular flexibility index (Phi) is 3.24. The highest BCUT2D eigenvalue weighted by atomic mass is 35.5. The fourth-order valence-corrected chi connectivity index (χ4v) is 2.25. The zero-order chi connectivity index (χ0) is 14.1. The Morgan fingerprint density at radius 3 is 2.75 bits per heavy atom. The highest BCUT2D eigenvalue weighted by molar-refractivity contribution is 6.30. The number of benzene rings is 1. The normalized spacial score (nSPS) is 11.6. The van der Waals surface area contributed by atoms with Crippen molar-refractivity contribution in [2.24, 2.45) is 10.2 Å². The standard InChI is InChI=1S/C15H13ClN4/c1-10-5-4-8-20-14(10)17-11(2)15(20)19-18-13-7-3-6-12(16)9-13/h3-9H,1-2H3. The van der Waals surface area contributed by atoms with E-state index in [1.165, 1.54) is 0 Å². The molecule has 0 fully saturated rings. The van der Waals surface area contributed by atoms with Crippen LogP contribution in [-0.4, -0.2) is 9.38 Å². The molecule has 0 aliphatic heterocycles. The molecule has 0 saturated heterocycles. The molecule has 0 radical (unpaired) electrons. The van der Waals surface area contributed by atoms with Gasteiger partial charge in [-0.25, -0.2) is 4.98 Å². The van der Waals surface area contributed by atoms with E-state index in [1.807, 2.05) is 54.8 Å². The number of pyridine rings is 1. The predicted octanol–water partition coefficient (Wildman–Crippen LogP) is 5.02. The Morgan fingerprint density at radius 2 is 1.95 bits per heavy atom. The van der Waals surface area contributed by atoms with Crippen LogP contribution in [0.2, 0.25) is 5.02 Å². The number of imidazole rings is 1. The average Bonchev–Trinajstić information content (AvgIpc) is 2.74. The van der Waals surface area contributed by atoms with E-state index in [4.69, 9.17) is 11.6 Å². The van der Waals surface area contributed by atoms with Crippen LogP contribution in [-0.2, 0) is 0 Å². The van der Waals surface area contributed by atoms with Crippen molar-refractivity contribution in [1.82, 2.24) is 9.38 Å². The van der Waals surface area contributed by atoms with Crippen LogP contribution in [0.5, 0.6) is 0 Å². The number of rotatable bonds is 2. The van der Waals surface area contributed by atoms with Crippen LogP contribution in [0.15, 0.2) is 52.8 Å². The summed E-state index contributed by atoms with van der Waals surface area (Å²) in [5, 5.41) is 9.19. The fourth-order valence-electron chi connectivity index (χ4n) is 2.07. The smallest absolute Gasteiger partial charge is 0.182 e. The first-order chi connectivity index (χ1) is 9.65. The van der Waals surface area contributed by atoms with E-state index in [9.17, 15) is 0 Å². The number of aromatic nitrogens is 2. The lowest BCUT2D eigenvalue weighted by molar-refractivity contribution is 1.09. The SMILES string of the molecule is Cc1nc2c(C)cccn2c1N=Nc1cccc(Cl)c1. The third-order valence-corrected chi connectivity index (χ3v) is 3.29. The van der Waals surface area contributed by atoms with E-state index < -0.39 is 0 Å². The van der Waals surface area contributed by atoms with Gasteiger partial charge in [-0.1, -0.05) is 23.7 Å². The Hall–Kier alpha value is -2.20. The molecule has 100 valence electrons. The number of hydrogen-bond acceptors (Lipinski definition) is 3. The van der Waals surface area contributed by atoms with Gasteiger partial charge in [0.1, 0.15) is 5.65 Å². The van der Waals surface area contributed by atoms with Crippen molar-refractivity contribution in [2.75, 3.05) is 0 Å². The molecule has 0 saturated carbocycles. The van der Waals surface area contributed by atoms with Crippen LogP contribution in [0.1, 0.15) is 11.3 Å². The molecular formula is C15H13ClN4. The zero-order valence-electron chi connectivity index (χ0n) is 11.2. The number of aryl methyl sites for hydroxylation is 2. The van der Waals surface area contributed by atoms with Crippen LogP contribution >= 0.6 is 11.6 Å². The molecule has 2 aromatic heterocycles. The highest BCUT2D eigenvalue weighted by Gasteiger charge is 2.09. The molecule has 5 heteroatoms. The minimum Gasteiger partial charge on any atom is -0.283 e. The summed E-state index contributed by atoms with van der Waals surface area (Å²) < 4.78 is 1.94.